The second-order valence-corrected chi connectivity index (χ2v) is 7.41. The Morgan fingerprint density at radius 3 is 3.04 bits per heavy atom. The number of aryl methyl sites for hydroxylation is 1. The van der Waals surface area contributed by atoms with E-state index in [1.807, 2.05) is 0 Å². The number of rotatable bonds is 7. The van der Waals surface area contributed by atoms with E-state index in [-0.39, 0.29) is 36.3 Å². The zero-order valence-electron chi connectivity index (χ0n) is 14.3. The Hall–Kier alpha value is -1.17. The van der Waals surface area contributed by atoms with Gasteiger partial charge in [0.25, 0.3) is 5.56 Å². The van der Waals surface area contributed by atoms with Gasteiger partial charge in [-0.3, -0.25) is 14.3 Å². The Morgan fingerprint density at radius 1 is 1.68 bits per heavy atom. The summed E-state index contributed by atoms with van der Waals surface area (Å²) in [6.07, 6.45) is 0.411. The van der Waals surface area contributed by atoms with Gasteiger partial charge in [0.1, 0.15) is 18.9 Å². The van der Waals surface area contributed by atoms with Crippen LogP contribution in [0, 0.1) is 18.3 Å². The molecule has 2 rings (SSSR count). The first kappa shape index (κ1) is 20.1. The fourth-order valence-electron chi connectivity index (χ4n) is 2.54. The molecule has 0 saturated carbocycles. The molecular formula is C15H21FN3O4PS. The molecule has 1 aliphatic heterocycles. The highest BCUT2D eigenvalue weighted by molar-refractivity contribution is 7.71. The summed E-state index contributed by atoms with van der Waals surface area (Å²) in [5.41, 5.74) is 0.182. The van der Waals surface area contributed by atoms with Gasteiger partial charge in [0.2, 0.25) is 12.4 Å². The van der Waals surface area contributed by atoms with Crippen LogP contribution in [-0.2, 0) is 13.8 Å². The minimum Gasteiger partial charge on any atom is -0.326 e. The molecule has 4 atom stereocenters. The van der Waals surface area contributed by atoms with Gasteiger partial charge >= 0.3 is 0 Å². The number of hydrogen-bond donors (Lipinski definition) is 1. The predicted molar refractivity (Wildman–Crippen MR) is 94.6 cm³/mol. The Kier molecular flexibility index (Phi) is 6.83. The van der Waals surface area contributed by atoms with Crippen LogP contribution in [-0.4, -0.2) is 41.3 Å². The van der Waals surface area contributed by atoms with Gasteiger partial charge in [-0.25, -0.2) is 11.0 Å². The summed E-state index contributed by atoms with van der Waals surface area (Å²) in [7, 11) is -1.33. The number of nitrogens with zero attached hydrogens (tertiary/aromatic N) is 2. The Bertz CT molecular complexity index is 764. The topological polar surface area (TPSA) is 69.8 Å². The maximum atomic E-state index is 15.1. The minimum absolute atomic E-state index is 0.106. The van der Waals surface area contributed by atoms with Gasteiger partial charge in [-0.05, 0) is 19.1 Å². The lowest BCUT2D eigenvalue weighted by molar-refractivity contribution is -0.184. The number of ether oxygens (including phenoxy) is 1. The maximum Gasteiger partial charge on any atom is 0.254 e. The van der Waals surface area contributed by atoms with Crippen LogP contribution in [0.5, 0.6) is 0 Å². The van der Waals surface area contributed by atoms with Crippen molar-refractivity contribution in [1.29, 1.82) is 0 Å². The van der Waals surface area contributed by atoms with Gasteiger partial charge in [-0.1, -0.05) is 6.92 Å². The summed E-state index contributed by atoms with van der Waals surface area (Å²) in [6.45, 7) is 12.3. The molecule has 7 nitrogen and oxygen atoms in total. The monoisotopic (exact) mass is 389 g/mol. The SMILES string of the molecule is [C-]#[N+]CCOP(C)OC1C[C@H](n2cc(C)c(=O)[nH]c2=S)O[C@]1(F)CC. The van der Waals surface area contributed by atoms with Crippen LogP contribution in [0.4, 0.5) is 4.39 Å². The molecule has 1 fully saturated rings. The van der Waals surface area contributed by atoms with Gasteiger partial charge in [0.15, 0.2) is 13.1 Å². The van der Waals surface area contributed by atoms with Gasteiger partial charge < -0.3 is 18.6 Å². The van der Waals surface area contributed by atoms with Crippen molar-refractivity contribution in [3.8, 4) is 0 Å². The second-order valence-electron chi connectivity index (χ2n) is 5.68. The first-order valence-corrected chi connectivity index (χ1v) is 9.89. The Morgan fingerprint density at radius 2 is 2.40 bits per heavy atom. The quantitative estimate of drug-likeness (QED) is 0.335. The lowest BCUT2D eigenvalue weighted by Gasteiger charge is -2.26. The second kappa shape index (κ2) is 8.47. The van der Waals surface area contributed by atoms with Gasteiger partial charge in [-0.15, -0.1) is 0 Å². The molecule has 1 aromatic rings. The third-order valence-electron chi connectivity index (χ3n) is 3.92. The lowest BCUT2D eigenvalue weighted by Crippen LogP contribution is -2.34. The van der Waals surface area contributed by atoms with Crippen LogP contribution < -0.4 is 5.56 Å². The highest BCUT2D eigenvalue weighted by atomic mass is 32.1. The fraction of sp³-hybridized carbons (Fsp3) is 0.667. The van der Waals surface area contributed by atoms with E-state index in [4.69, 9.17) is 32.6 Å². The zero-order valence-corrected chi connectivity index (χ0v) is 16.0. The number of nitrogens with one attached hydrogen (secondary N) is 1. The summed E-state index contributed by atoms with van der Waals surface area (Å²) in [4.78, 5) is 17.4. The smallest absolute Gasteiger partial charge is 0.254 e. The number of H-pyrrole nitrogens is 1. The molecule has 10 heteroatoms. The molecule has 0 radical (unpaired) electrons. The van der Waals surface area contributed by atoms with Crippen LogP contribution in [0.3, 0.4) is 0 Å². The average Bonchev–Trinajstić information content (AvgIpc) is 2.88. The summed E-state index contributed by atoms with van der Waals surface area (Å²) >= 11 is 5.16. The van der Waals surface area contributed by atoms with Crippen LogP contribution in [0.2, 0.25) is 0 Å². The maximum absolute atomic E-state index is 15.1. The molecule has 25 heavy (non-hydrogen) atoms. The highest BCUT2D eigenvalue weighted by Gasteiger charge is 2.50. The normalized spacial score (nSPS) is 27.2. The Balaban J connectivity index is 2.15. The van der Waals surface area contributed by atoms with E-state index in [1.165, 1.54) is 4.57 Å². The average molecular weight is 389 g/mol. The van der Waals surface area contributed by atoms with Crippen LogP contribution in [0.15, 0.2) is 11.0 Å². The third-order valence-corrected chi connectivity index (χ3v) is 5.33. The molecule has 2 unspecified atom stereocenters. The molecule has 138 valence electrons. The van der Waals surface area contributed by atoms with Crippen LogP contribution >= 0.6 is 20.6 Å². The van der Waals surface area contributed by atoms with Crippen molar-refractivity contribution in [2.75, 3.05) is 19.8 Å². The highest BCUT2D eigenvalue weighted by Crippen LogP contribution is 2.48. The summed E-state index contributed by atoms with van der Waals surface area (Å²) in [5, 5.41) is 0. The third kappa shape index (κ3) is 4.72. The molecule has 0 bridgehead atoms. The van der Waals surface area contributed by atoms with E-state index in [1.54, 1.807) is 26.7 Å². The predicted octanol–water partition coefficient (Wildman–Crippen LogP) is 3.47. The fourth-order valence-corrected chi connectivity index (χ4v) is 3.80. The standard InChI is InChI=1S/C15H21FN3O4PS/c1-5-15(16)11(23-24(4)21-7-6-17-3)8-12(22-15)19-9-10(2)13(20)18-14(19)25/h9,11-12H,5-8H2,1-2,4H3,(H,18,20,25)/t11?,12-,15-,24?/m1/s1. The molecule has 1 aliphatic rings. The van der Waals surface area contributed by atoms with Crippen molar-refractivity contribution in [3.05, 3.63) is 38.3 Å². The van der Waals surface area contributed by atoms with E-state index < -0.39 is 26.6 Å². The van der Waals surface area contributed by atoms with Crippen molar-refractivity contribution in [1.82, 2.24) is 9.55 Å². The van der Waals surface area contributed by atoms with E-state index >= 15 is 4.39 Å². The van der Waals surface area contributed by atoms with E-state index in [0.717, 1.165) is 0 Å². The molecule has 1 aromatic heterocycles. The molecule has 0 aromatic carbocycles. The molecule has 0 amide bonds. The summed E-state index contributed by atoms with van der Waals surface area (Å²) in [6, 6.07) is 0. The Labute approximate surface area is 151 Å². The van der Waals surface area contributed by atoms with Crippen molar-refractivity contribution in [3.63, 3.8) is 0 Å². The van der Waals surface area contributed by atoms with E-state index in [0.29, 0.717) is 5.56 Å². The molecular weight excluding hydrogens is 368 g/mol. The van der Waals surface area contributed by atoms with Crippen molar-refractivity contribution < 1.29 is 18.2 Å². The number of aromatic amines is 1. The largest absolute Gasteiger partial charge is 0.326 e. The number of alkyl halides is 1. The summed E-state index contributed by atoms with van der Waals surface area (Å²) < 4.78 is 33.6. The molecule has 2 heterocycles. The van der Waals surface area contributed by atoms with Crippen LogP contribution in [0.1, 0.15) is 31.6 Å². The van der Waals surface area contributed by atoms with Crippen LogP contribution in [0.25, 0.3) is 4.85 Å². The van der Waals surface area contributed by atoms with E-state index in [2.05, 4.69) is 9.83 Å². The van der Waals surface area contributed by atoms with Crippen molar-refractivity contribution in [2.45, 2.75) is 44.9 Å². The zero-order chi connectivity index (χ0) is 18.6. The van der Waals surface area contributed by atoms with Crippen molar-refractivity contribution in [2.24, 2.45) is 0 Å². The first-order valence-electron chi connectivity index (χ1n) is 7.86. The van der Waals surface area contributed by atoms with Gasteiger partial charge in [0.05, 0.1) is 0 Å². The first-order chi connectivity index (χ1) is 11.8. The van der Waals surface area contributed by atoms with Gasteiger partial charge in [0, 0.05) is 31.3 Å². The lowest BCUT2D eigenvalue weighted by atomic mass is 10.1. The van der Waals surface area contributed by atoms with Crippen molar-refractivity contribution >= 4 is 20.6 Å². The molecule has 0 aliphatic carbocycles. The molecule has 0 spiro atoms. The number of aromatic nitrogens is 2. The summed E-state index contributed by atoms with van der Waals surface area (Å²) in [5.74, 6) is -1.97. The minimum atomic E-state index is -1.97. The number of hydrogen-bond acceptors (Lipinski definition) is 5. The van der Waals surface area contributed by atoms with Gasteiger partial charge in [-0.2, -0.15) is 0 Å². The molecule has 1 N–H and O–H groups in total. The van der Waals surface area contributed by atoms with E-state index in [9.17, 15) is 4.79 Å². The molecule has 1 saturated heterocycles. The number of halogens is 1.